The standard InChI is InChI=1S/C18H16N2O2/c19-17(21)18(22,14-7-2-1-3-8-14)15-9-6-10-16(13-15)20-11-4-5-12-20/h1-13,22H,(H2,19,21). The highest BCUT2D eigenvalue weighted by Crippen LogP contribution is 2.30. The highest BCUT2D eigenvalue weighted by Gasteiger charge is 2.38. The molecule has 1 amide bonds. The molecule has 1 unspecified atom stereocenters. The number of primary amides is 1. The van der Waals surface area contributed by atoms with E-state index in [9.17, 15) is 9.90 Å². The molecule has 4 heteroatoms. The molecule has 3 aromatic rings. The van der Waals surface area contributed by atoms with Crippen LogP contribution < -0.4 is 5.73 Å². The third-order valence-corrected chi connectivity index (χ3v) is 3.71. The van der Waals surface area contributed by atoms with Crippen LogP contribution in [0.3, 0.4) is 0 Å². The van der Waals surface area contributed by atoms with Gasteiger partial charge in [-0.2, -0.15) is 0 Å². The predicted octanol–water partition coefficient (Wildman–Crippen LogP) is 2.20. The highest BCUT2D eigenvalue weighted by molar-refractivity contribution is 5.88. The van der Waals surface area contributed by atoms with Crippen molar-refractivity contribution in [3.05, 3.63) is 90.3 Å². The zero-order valence-corrected chi connectivity index (χ0v) is 11.9. The molecule has 0 aliphatic carbocycles. The normalized spacial score (nSPS) is 13.5. The molecule has 1 heterocycles. The lowest BCUT2D eigenvalue weighted by atomic mass is 9.85. The third kappa shape index (κ3) is 2.29. The van der Waals surface area contributed by atoms with Gasteiger partial charge in [-0.15, -0.1) is 0 Å². The quantitative estimate of drug-likeness (QED) is 0.774. The van der Waals surface area contributed by atoms with Crippen LogP contribution in [0.25, 0.3) is 5.69 Å². The Bertz CT molecular complexity index is 782. The van der Waals surface area contributed by atoms with Gasteiger partial charge in [-0.05, 0) is 35.4 Å². The van der Waals surface area contributed by atoms with Gasteiger partial charge in [0.25, 0.3) is 5.91 Å². The van der Waals surface area contributed by atoms with Crippen LogP contribution >= 0.6 is 0 Å². The fraction of sp³-hybridized carbons (Fsp3) is 0.0556. The van der Waals surface area contributed by atoms with Crippen molar-refractivity contribution in [2.45, 2.75) is 5.60 Å². The van der Waals surface area contributed by atoms with Crippen molar-refractivity contribution in [2.75, 3.05) is 0 Å². The Morgan fingerprint density at radius 1 is 0.909 bits per heavy atom. The molecule has 0 saturated heterocycles. The molecule has 0 saturated carbocycles. The molecule has 110 valence electrons. The number of aromatic nitrogens is 1. The number of hydrogen-bond acceptors (Lipinski definition) is 2. The molecular formula is C18H16N2O2. The molecule has 0 aliphatic rings. The molecular weight excluding hydrogens is 276 g/mol. The van der Waals surface area contributed by atoms with E-state index in [0.29, 0.717) is 11.1 Å². The average Bonchev–Trinajstić information content (AvgIpc) is 3.09. The number of aliphatic hydroxyl groups is 1. The van der Waals surface area contributed by atoms with E-state index in [0.717, 1.165) is 5.69 Å². The zero-order chi connectivity index (χ0) is 15.6. The summed E-state index contributed by atoms with van der Waals surface area (Å²) in [4.78, 5) is 12.0. The summed E-state index contributed by atoms with van der Waals surface area (Å²) in [6, 6.07) is 19.7. The number of carbonyl (C=O) groups excluding carboxylic acids is 1. The monoisotopic (exact) mass is 292 g/mol. The van der Waals surface area contributed by atoms with Crippen LogP contribution in [0.5, 0.6) is 0 Å². The lowest BCUT2D eigenvalue weighted by Crippen LogP contribution is -2.42. The van der Waals surface area contributed by atoms with Gasteiger partial charge in [0, 0.05) is 18.1 Å². The number of hydrogen-bond donors (Lipinski definition) is 2. The maximum Gasteiger partial charge on any atom is 0.258 e. The van der Waals surface area contributed by atoms with Gasteiger partial charge < -0.3 is 15.4 Å². The molecule has 0 radical (unpaired) electrons. The summed E-state index contributed by atoms with van der Waals surface area (Å²) < 4.78 is 1.90. The maximum absolute atomic E-state index is 12.0. The van der Waals surface area contributed by atoms with Crippen molar-refractivity contribution in [1.82, 2.24) is 4.57 Å². The van der Waals surface area contributed by atoms with E-state index in [1.165, 1.54) is 0 Å². The summed E-state index contributed by atoms with van der Waals surface area (Å²) in [6.07, 6.45) is 3.79. The summed E-state index contributed by atoms with van der Waals surface area (Å²) in [5, 5.41) is 11.0. The number of carbonyl (C=O) groups is 1. The number of nitrogens with two attached hydrogens (primary N) is 1. The van der Waals surface area contributed by atoms with Crippen molar-refractivity contribution in [3.63, 3.8) is 0 Å². The Hall–Kier alpha value is -2.85. The van der Waals surface area contributed by atoms with Gasteiger partial charge in [0.15, 0.2) is 5.60 Å². The number of nitrogens with zero attached hydrogens (tertiary/aromatic N) is 1. The van der Waals surface area contributed by atoms with Crippen molar-refractivity contribution in [2.24, 2.45) is 5.73 Å². The Morgan fingerprint density at radius 3 is 2.18 bits per heavy atom. The molecule has 3 N–H and O–H groups in total. The van der Waals surface area contributed by atoms with Crippen LogP contribution in [0.2, 0.25) is 0 Å². The van der Waals surface area contributed by atoms with Crippen LogP contribution in [0.4, 0.5) is 0 Å². The van der Waals surface area contributed by atoms with E-state index in [-0.39, 0.29) is 0 Å². The van der Waals surface area contributed by atoms with E-state index in [1.54, 1.807) is 42.5 Å². The molecule has 0 bridgehead atoms. The average molecular weight is 292 g/mol. The molecule has 0 aliphatic heterocycles. The van der Waals surface area contributed by atoms with Gasteiger partial charge in [0.1, 0.15) is 0 Å². The first-order valence-corrected chi connectivity index (χ1v) is 6.94. The first-order valence-electron chi connectivity index (χ1n) is 6.94. The topological polar surface area (TPSA) is 68.2 Å². The van der Waals surface area contributed by atoms with Crippen molar-refractivity contribution < 1.29 is 9.90 Å². The second-order valence-corrected chi connectivity index (χ2v) is 5.08. The van der Waals surface area contributed by atoms with E-state index < -0.39 is 11.5 Å². The third-order valence-electron chi connectivity index (χ3n) is 3.71. The fourth-order valence-corrected chi connectivity index (χ4v) is 2.53. The molecule has 3 rings (SSSR count). The second-order valence-electron chi connectivity index (χ2n) is 5.08. The number of benzene rings is 2. The van der Waals surface area contributed by atoms with Gasteiger partial charge in [0.2, 0.25) is 0 Å². The lowest BCUT2D eigenvalue weighted by molar-refractivity contribution is -0.133. The largest absolute Gasteiger partial charge is 0.372 e. The number of amides is 1. The minimum Gasteiger partial charge on any atom is -0.372 e. The van der Waals surface area contributed by atoms with E-state index >= 15 is 0 Å². The molecule has 1 atom stereocenters. The van der Waals surface area contributed by atoms with Gasteiger partial charge in [-0.3, -0.25) is 4.79 Å². The van der Waals surface area contributed by atoms with E-state index in [4.69, 9.17) is 5.73 Å². The minimum atomic E-state index is -1.86. The van der Waals surface area contributed by atoms with Crippen molar-refractivity contribution in [3.8, 4) is 5.69 Å². The predicted molar refractivity (Wildman–Crippen MR) is 84.4 cm³/mol. The molecule has 4 nitrogen and oxygen atoms in total. The smallest absolute Gasteiger partial charge is 0.258 e. The molecule has 1 aromatic heterocycles. The Balaban J connectivity index is 2.14. The summed E-state index contributed by atoms with van der Waals surface area (Å²) in [5.74, 6) is -0.802. The van der Waals surface area contributed by atoms with E-state index in [2.05, 4.69) is 0 Å². The first-order chi connectivity index (χ1) is 10.6. The first kappa shape index (κ1) is 14.1. The van der Waals surface area contributed by atoms with Gasteiger partial charge in [0.05, 0.1) is 0 Å². The van der Waals surface area contributed by atoms with Crippen molar-refractivity contribution in [1.29, 1.82) is 0 Å². The van der Waals surface area contributed by atoms with E-state index in [1.807, 2.05) is 41.2 Å². The summed E-state index contributed by atoms with van der Waals surface area (Å²) in [6.45, 7) is 0. The molecule has 0 spiro atoms. The lowest BCUT2D eigenvalue weighted by Gasteiger charge is -2.26. The van der Waals surface area contributed by atoms with Gasteiger partial charge >= 0.3 is 0 Å². The second kappa shape index (κ2) is 5.50. The van der Waals surface area contributed by atoms with Crippen molar-refractivity contribution >= 4 is 5.91 Å². The SMILES string of the molecule is NC(=O)C(O)(c1ccccc1)c1cccc(-n2cccc2)c1. The van der Waals surface area contributed by atoms with Crippen LogP contribution in [-0.4, -0.2) is 15.6 Å². The summed E-state index contributed by atoms with van der Waals surface area (Å²) in [7, 11) is 0. The fourth-order valence-electron chi connectivity index (χ4n) is 2.53. The molecule has 22 heavy (non-hydrogen) atoms. The van der Waals surface area contributed by atoms with Crippen LogP contribution in [-0.2, 0) is 10.4 Å². The summed E-state index contributed by atoms with van der Waals surface area (Å²) >= 11 is 0. The Kier molecular flexibility index (Phi) is 3.53. The highest BCUT2D eigenvalue weighted by atomic mass is 16.3. The zero-order valence-electron chi connectivity index (χ0n) is 11.9. The van der Waals surface area contributed by atoms with Crippen LogP contribution in [0.15, 0.2) is 79.1 Å². The minimum absolute atomic E-state index is 0.442. The van der Waals surface area contributed by atoms with Gasteiger partial charge in [-0.25, -0.2) is 0 Å². The Morgan fingerprint density at radius 2 is 1.55 bits per heavy atom. The van der Waals surface area contributed by atoms with Gasteiger partial charge in [-0.1, -0.05) is 42.5 Å². The summed E-state index contributed by atoms with van der Waals surface area (Å²) in [5.41, 5.74) is 5.39. The maximum atomic E-state index is 12.0. The van der Waals surface area contributed by atoms with Crippen LogP contribution in [0.1, 0.15) is 11.1 Å². The van der Waals surface area contributed by atoms with Crippen LogP contribution in [0, 0.1) is 0 Å². The molecule has 0 fully saturated rings. The number of rotatable bonds is 4. The Labute approximate surface area is 128 Å². The molecule has 2 aromatic carbocycles.